The Hall–Kier alpha value is -2.08. The van der Waals surface area contributed by atoms with Gasteiger partial charge in [-0.05, 0) is 12.5 Å². The molecule has 3 atom stereocenters. The van der Waals surface area contributed by atoms with E-state index < -0.39 is 6.04 Å². The van der Waals surface area contributed by atoms with Gasteiger partial charge in [-0.15, -0.1) is 0 Å². The van der Waals surface area contributed by atoms with Crippen molar-refractivity contribution in [3.8, 4) is 0 Å². The summed E-state index contributed by atoms with van der Waals surface area (Å²) in [6.07, 6.45) is 0. The summed E-state index contributed by atoms with van der Waals surface area (Å²) in [6, 6.07) is 8.64. The van der Waals surface area contributed by atoms with E-state index in [-0.39, 0.29) is 37.4 Å². The molecule has 0 unspecified atom stereocenters. The van der Waals surface area contributed by atoms with Gasteiger partial charge in [0.1, 0.15) is 13.3 Å². The third kappa shape index (κ3) is 2.15. The van der Waals surface area contributed by atoms with Crippen molar-refractivity contribution in [2.45, 2.75) is 25.0 Å². The van der Waals surface area contributed by atoms with Crippen LogP contribution in [0, 0.1) is 0 Å². The van der Waals surface area contributed by atoms with Gasteiger partial charge in [-0.3, -0.25) is 4.90 Å². The summed E-state index contributed by atoms with van der Waals surface area (Å²) in [5.41, 5.74) is 1.03. The predicted octanol–water partition coefficient (Wildman–Crippen LogP) is 1.38. The fraction of sp³-hybridized carbons (Fsp3) is 0.467. The lowest BCUT2D eigenvalue weighted by Gasteiger charge is -2.28. The number of rotatable bonds is 4. The highest BCUT2D eigenvalue weighted by atomic mass is 16.5. The van der Waals surface area contributed by atoms with E-state index in [0.717, 1.165) is 5.56 Å². The molecule has 2 heterocycles. The minimum Gasteiger partial charge on any atom is -0.462 e. The van der Waals surface area contributed by atoms with Crippen LogP contribution in [0.4, 0.5) is 4.79 Å². The van der Waals surface area contributed by atoms with Crippen LogP contribution in [0.15, 0.2) is 30.3 Å². The molecule has 2 saturated heterocycles. The maximum absolute atomic E-state index is 12.6. The Balaban J connectivity index is 1.91. The number of methoxy groups -OCH3 is 1. The molecule has 21 heavy (non-hydrogen) atoms. The highest BCUT2D eigenvalue weighted by Gasteiger charge is 2.55. The van der Waals surface area contributed by atoms with Crippen LogP contribution in [-0.4, -0.2) is 54.3 Å². The quantitative estimate of drug-likeness (QED) is 0.786. The first kappa shape index (κ1) is 13.9. The van der Waals surface area contributed by atoms with E-state index in [1.807, 2.05) is 37.3 Å². The molecule has 0 radical (unpaired) electrons. The van der Waals surface area contributed by atoms with Gasteiger partial charge in [0.05, 0.1) is 12.1 Å². The Morgan fingerprint density at radius 1 is 1.33 bits per heavy atom. The van der Waals surface area contributed by atoms with Gasteiger partial charge in [0.25, 0.3) is 0 Å². The first-order chi connectivity index (χ1) is 10.1. The highest BCUT2D eigenvalue weighted by molar-refractivity contribution is 5.90. The number of carbonyl (C=O) groups is 2. The van der Waals surface area contributed by atoms with Gasteiger partial charge in [-0.1, -0.05) is 30.3 Å². The van der Waals surface area contributed by atoms with Gasteiger partial charge >= 0.3 is 12.0 Å². The molecule has 2 amide bonds. The number of cyclic esters (lactones) is 1. The number of benzene rings is 1. The van der Waals surface area contributed by atoms with Crippen LogP contribution in [0.25, 0.3) is 0 Å². The summed E-state index contributed by atoms with van der Waals surface area (Å²) in [6.45, 7) is 2.29. The lowest BCUT2D eigenvalue weighted by Crippen LogP contribution is -2.40. The topological polar surface area (TPSA) is 59.1 Å². The van der Waals surface area contributed by atoms with Crippen molar-refractivity contribution < 1.29 is 19.1 Å². The van der Waals surface area contributed by atoms with E-state index >= 15 is 0 Å². The standard InChI is InChI=1S/C15H18N2O4/c1-10(11-6-4-3-5-7-11)17-12-8-21-14(18)13(12)16(9-20-2)15(17)19/h3-7,10,12-13H,8-9H2,1-2H3/t10-,12+,13+/m1/s1. The SMILES string of the molecule is COCN1C(=O)N([C@H](C)c2ccccc2)[C@H]2COC(=O)[C@H]21. The number of esters is 1. The second-order valence-corrected chi connectivity index (χ2v) is 5.31. The van der Waals surface area contributed by atoms with E-state index in [2.05, 4.69) is 0 Å². The van der Waals surface area contributed by atoms with Crippen LogP contribution in [0.1, 0.15) is 18.5 Å². The van der Waals surface area contributed by atoms with Crippen LogP contribution in [0.5, 0.6) is 0 Å². The van der Waals surface area contributed by atoms with Gasteiger partial charge in [-0.2, -0.15) is 0 Å². The first-order valence-corrected chi connectivity index (χ1v) is 6.94. The Labute approximate surface area is 123 Å². The maximum atomic E-state index is 12.6. The van der Waals surface area contributed by atoms with Crippen molar-refractivity contribution >= 4 is 12.0 Å². The third-order valence-corrected chi connectivity index (χ3v) is 4.13. The zero-order valence-electron chi connectivity index (χ0n) is 12.1. The molecule has 112 valence electrons. The molecule has 6 nitrogen and oxygen atoms in total. The van der Waals surface area contributed by atoms with Crippen molar-refractivity contribution in [1.29, 1.82) is 0 Å². The molecule has 1 aromatic rings. The molecular formula is C15H18N2O4. The minimum absolute atomic E-state index is 0.0904. The zero-order valence-corrected chi connectivity index (χ0v) is 12.1. The Morgan fingerprint density at radius 3 is 2.71 bits per heavy atom. The molecule has 2 fully saturated rings. The largest absolute Gasteiger partial charge is 0.462 e. The van der Waals surface area contributed by atoms with Crippen molar-refractivity contribution in [3.63, 3.8) is 0 Å². The fourth-order valence-corrected chi connectivity index (χ4v) is 3.10. The van der Waals surface area contributed by atoms with E-state index in [9.17, 15) is 9.59 Å². The molecule has 2 aliphatic rings. The summed E-state index contributed by atoms with van der Waals surface area (Å²) < 4.78 is 10.2. The van der Waals surface area contributed by atoms with Gasteiger partial charge in [0.15, 0.2) is 6.04 Å². The monoisotopic (exact) mass is 290 g/mol. The summed E-state index contributed by atoms with van der Waals surface area (Å²) >= 11 is 0. The van der Waals surface area contributed by atoms with Crippen LogP contribution in [0.2, 0.25) is 0 Å². The van der Waals surface area contributed by atoms with E-state index in [0.29, 0.717) is 0 Å². The highest BCUT2D eigenvalue weighted by Crippen LogP contribution is 2.35. The van der Waals surface area contributed by atoms with Gasteiger partial charge in [-0.25, -0.2) is 9.59 Å². The van der Waals surface area contributed by atoms with E-state index in [1.54, 1.807) is 4.90 Å². The zero-order chi connectivity index (χ0) is 15.0. The summed E-state index contributed by atoms with van der Waals surface area (Å²) in [4.78, 5) is 27.7. The Bertz CT molecular complexity index is 548. The van der Waals surface area contributed by atoms with E-state index in [1.165, 1.54) is 12.0 Å². The molecule has 0 saturated carbocycles. The average molecular weight is 290 g/mol. The smallest absolute Gasteiger partial charge is 0.331 e. The number of carbonyl (C=O) groups excluding carboxylic acids is 2. The summed E-state index contributed by atoms with van der Waals surface area (Å²) in [5, 5.41) is 0. The van der Waals surface area contributed by atoms with E-state index in [4.69, 9.17) is 9.47 Å². The average Bonchev–Trinajstić information content (AvgIpc) is 2.99. The van der Waals surface area contributed by atoms with Crippen LogP contribution in [0.3, 0.4) is 0 Å². The van der Waals surface area contributed by atoms with Crippen molar-refractivity contribution in [3.05, 3.63) is 35.9 Å². The molecule has 0 spiro atoms. The first-order valence-electron chi connectivity index (χ1n) is 6.94. The van der Waals surface area contributed by atoms with Gasteiger partial charge in [0, 0.05) is 7.11 Å². The third-order valence-electron chi connectivity index (χ3n) is 4.13. The van der Waals surface area contributed by atoms with Gasteiger partial charge < -0.3 is 14.4 Å². The second kappa shape index (κ2) is 5.37. The minimum atomic E-state index is -0.566. The molecular weight excluding hydrogens is 272 g/mol. The number of urea groups is 1. The number of hydrogen-bond donors (Lipinski definition) is 0. The lowest BCUT2D eigenvalue weighted by atomic mass is 10.0. The molecule has 0 N–H and O–H groups in total. The maximum Gasteiger partial charge on any atom is 0.331 e. The van der Waals surface area contributed by atoms with Crippen LogP contribution < -0.4 is 0 Å². The molecule has 0 bridgehead atoms. The molecule has 1 aromatic carbocycles. The Morgan fingerprint density at radius 2 is 2.05 bits per heavy atom. The van der Waals surface area contributed by atoms with Gasteiger partial charge in [0.2, 0.25) is 0 Å². The Kier molecular flexibility index (Phi) is 3.55. The van der Waals surface area contributed by atoms with Crippen molar-refractivity contribution in [2.75, 3.05) is 20.4 Å². The molecule has 0 aliphatic carbocycles. The van der Waals surface area contributed by atoms with Crippen molar-refractivity contribution in [2.24, 2.45) is 0 Å². The molecule has 2 aliphatic heterocycles. The van der Waals surface area contributed by atoms with Crippen molar-refractivity contribution in [1.82, 2.24) is 9.80 Å². The molecule has 6 heteroatoms. The lowest BCUT2D eigenvalue weighted by molar-refractivity contribution is -0.142. The number of amides is 2. The number of hydrogen-bond acceptors (Lipinski definition) is 4. The van der Waals surface area contributed by atoms with Crippen LogP contribution >= 0.6 is 0 Å². The number of ether oxygens (including phenoxy) is 2. The molecule has 0 aromatic heterocycles. The summed E-state index contributed by atoms with van der Waals surface area (Å²) in [5.74, 6) is -0.354. The molecule has 3 rings (SSSR count). The summed E-state index contributed by atoms with van der Waals surface area (Å²) in [7, 11) is 1.51. The van der Waals surface area contributed by atoms with Crippen LogP contribution in [-0.2, 0) is 14.3 Å². The second-order valence-electron chi connectivity index (χ2n) is 5.31. The predicted molar refractivity (Wildman–Crippen MR) is 74.3 cm³/mol. The number of fused-ring (bicyclic) bond motifs is 1. The number of nitrogens with zero attached hydrogens (tertiary/aromatic N) is 2. The normalized spacial score (nSPS) is 26.0. The fourth-order valence-electron chi connectivity index (χ4n) is 3.10.